The fraction of sp³-hybridized carbons (Fsp3) is 0.596. The molecule has 0 aromatic heterocycles. The van der Waals surface area contributed by atoms with E-state index in [9.17, 15) is 14.4 Å². The van der Waals surface area contributed by atoms with E-state index in [1.165, 1.54) is 32.1 Å². The van der Waals surface area contributed by atoms with Gasteiger partial charge in [-0.1, -0.05) is 194 Å². The molecule has 0 aromatic carbocycles. The van der Waals surface area contributed by atoms with E-state index >= 15 is 0 Å². The SMILES string of the molecule is CC\C=C/C=C\C=C/CCCCCCCC(=O)OC(COC(=O)C/C=C\C/C=C\C/C=C\CC)COC(=O)CCCCCCC\C=C/C=C\C=C/CCCCCCC. The number of carbonyl (C=O) groups is 3. The number of hydrogen-bond acceptors (Lipinski definition) is 6. The molecule has 0 rings (SSSR count). The van der Waals surface area contributed by atoms with Crippen LogP contribution in [0.15, 0.2) is 109 Å². The molecule has 0 saturated carbocycles. The minimum absolute atomic E-state index is 0.122. The summed E-state index contributed by atoms with van der Waals surface area (Å²) in [5.74, 6) is -1.11. The largest absolute Gasteiger partial charge is 0.462 e. The third-order valence-corrected chi connectivity index (χ3v) is 9.15. The van der Waals surface area contributed by atoms with Crippen LogP contribution in [0.3, 0.4) is 0 Å². The van der Waals surface area contributed by atoms with Gasteiger partial charge in [-0.05, 0) is 77.0 Å². The van der Waals surface area contributed by atoms with Crippen molar-refractivity contribution in [1.29, 1.82) is 0 Å². The molecule has 6 heteroatoms. The van der Waals surface area contributed by atoms with Crippen LogP contribution in [0.2, 0.25) is 0 Å². The minimum atomic E-state index is -0.832. The van der Waals surface area contributed by atoms with E-state index in [0.29, 0.717) is 6.42 Å². The Morgan fingerprint density at radius 2 is 0.810 bits per heavy atom. The van der Waals surface area contributed by atoms with E-state index in [1.54, 1.807) is 6.08 Å². The normalized spacial score (nSPS) is 13.1. The monoisotopic (exact) mass is 803 g/mol. The van der Waals surface area contributed by atoms with Crippen molar-refractivity contribution in [2.24, 2.45) is 0 Å². The lowest BCUT2D eigenvalue weighted by atomic mass is 10.1. The molecule has 0 fully saturated rings. The zero-order valence-corrected chi connectivity index (χ0v) is 37.0. The summed E-state index contributed by atoms with van der Waals surface area (Å²) in [5.41, 5.74) is 0. The van der Waals surface area contributed by atoms with Gasteiger partial charge in [0.2, 0.25) is 0 Å². The molecule has 0 aromatic rings. The number of esters is 3. The Morgan fingerprint density at radius 1 is 0.397 bits per heavy atom. The van der Waals surface area contributed by atoms with Crippen LogP contribution in [0.1, 0.15) is 181 Å². The van der Waals surface area contributed by atoms with E-state index in [0.717, 1.165) is 109 Å². The standard InChI is InChI=1S/C52H82O6/c1-4-7-10-13-16-19-21-23-24-25-26-27-29-30-33-36-39-42-45-51(54)57-48-49(47-56-50(53)44-41-38-35-32-18-15-12-9-6-3)58-52(55)46-43-40-37-34-31-28-22-20-17-14-11-8-5-2/h8-9,11-12,14,17-18,20-27,32,38,41,49H,4-7,10,13,15-16,19,28-31,33-37,39-40,42-48H2,1-3H3/b11-8-,12-9-,17-14-,22-20-,23-21-,25-24-,27-26-,32-18-,41-38-. The lowest BCUT2D eigenvalue weighted by Crippen LogP contribution is -2.30. The maximum atomic E-state index is 12.7. The maximum Gasteiger partial charge on any atom is 0.309 e. The van der Waals surface area contributed by atoms with Crippen LogP contribution in [-0.4, -0.2) is 37.2 Å². The highest BCUT2D eigenvalue weighted by Gasteiger charge is 2.19. The molecule has 0 radical (unpaired) electrons. The van der Waals surface area contributed by atoms with Gasteiger partial charge >= 0.3 is 17.9 Å². The maximum absolute atomic E-state index is 12.7. The molecule has 0 heterocycles. The van der Waals surface area contributed by atoms with E-state index < -0.39 is 12.1 Å². The average Bonchev–Trinajstić information content (AvgIpc) is 3.22. The van der Waals surface area contributed by atoms with Gasteiger partial charge in [-0.3, -0.25) is 14.4 Å². The molecule has 0 amide bonds. The third-order valence-electron chi connectivity index (χ3n) is 9.15. The van der Waals surface area contributed by atoms with Gasteiger partial charge in [-0.2, -0.15) is 0 Å². The van der Waals surface area contributed by atoms with E-state index in [-0.39, 0.29) is 38.0 Å². The Hall–Kier alpha value is -3.93. The second-order valence-electron chi connectivity index (χ2n) is 14.7. The molecule has 0 N–H and O–H groups in total. The van der Waals surface area contributed by atoms with Gasteiger partial charge in [0, 0.05) is 12.8 Å². The molecule has 0 aliphatic carbocycles. The summed E-state index contributed by atoms with van der Waals surface area (Å²) in [4.78, 5) is 37.6. The molecular weight excluding hydrogens is 721 g/mol. The highest BCUT2D eigenvalue weighted by Crippen LogP contribution is 2.12. The number of carbonyl (C=O) groups excluding carboxylic acids is 3. The molecule has 0 saturated heterocycles. The molecule has 1 unspecified atom stereocenters. The molecule has 0 spiro atoms. The van der Waals surface area contributed by atoms with Gasteiger partial charge in [-0.25, -0.2) is 0 Å². The van der Waals surface area contributed by atoms with Crippen molar-refractivity contribution < 1.29 is 28.6 Å². The highest BCUT2D eigenvalue weighted by molar-refractivity contribution is 5.72. The first-order valence-electron chi connectivity index (χ1n) is 23.0. The van der Waals surface area contributed by atoms with Crippen molar-refractivity contribution in [2.45, 2.75) is 187 Å². The molecule has 0 aliphatic rings. The Labute approximate surface area is 355 Å². The summed E-state index contributed by atoms with van der Waals surface area (Å²) in [6.07, 6.45) is 61.0. The first kappa shape index (κ1) is 54.1. The van der Waals surface area contributed by atoms with E-state index in [1.807, 2.05) is 12.2 Å². The minimum Gasteiger partial charge on any atom is -0.462 e. The summed E-state index contributed by atoms with van der Waals surface area (Å²) in [7, 11) is 0. The molecule has 6 nitrogen and oxygen atoms in total. The summed E-state index contributed by atoms with van der Waals surface area (Å²) in [6, 6.07) is 0. The summed E-state index contributed by atoms with van der Waals surface area (Å²) in [5, 5.41) is 0. The molecule has 58 heavy (non-hydrogen) atoms. The van der Waals surface area contributed by atoms with Crippen molar-refractivity contribution >= 4 is 17.9 Å². The first-order chi connectivity index (χ1) is 28.5. The molecular formula is C52H82O6. The average molecular weight is 803 g/mol. The van der Waals surface area contributed by atoms with Crippen molar-refractivity contribution in [3.05, 3.63) is 109 Å². The predicted octanol–water partition coefficient (Wildman–Crippen LogP) is 14.8. The van der Waals surface area contributed by atoms with Crippen LogP contribution < -0.4 is 0 Å². The van der Waals surface area contributed by atoms with Crippen molar-refractivity contribution in [3.63, 3.8) is 0 Å². The smallest absolute Gasteiger partial charge is 0.309 e. The fourth-order valence-corrected chi connectivity index (χ4v) is 5.74. The van der Waals surface area contributed by atoms with Crippen LogP contribution in [0, 0.1) is 0 Å². The van der Waals surface area contributed by atoms with Gasteiger partial charge in [0.1, 0.15) is 13.2 Å². The van der Waals surface area contributed by atoms with E-state index in [4.69, 9.17) is 14.2 Å². The lowest BCUT2D eigenvalue weighted by Gasteiger charge is -2.18. The van der Waals surface area contributed by atoms with Crippen LogP contribution in [0.25, 0.3) is 0 Å². The van der Waals surface area contributed by atoms with Crippen molar-refractivity contribution in [2.75, 3.05) is 13.2 Å². The number of ether oxygens (including phenoxy) is 3. The number of hydrogen-bond donors (Lipinski definition) is 0. The predicted molar refractivity (Wildman–Crippen MR) is 247 cm³/mol. The van der Waals surface area contributed by atoms with Crippen LogP contribution >= 0.6 is 0 Å². The van der Waals surface area contributed by atoms with Gasteiger partial charge < -0.3 is 14.2 Å². The number of rotatable bonds is 39. The Morgan fingerprint density at radius 3 is 1.33 bits per heavy atom. The fourth-order valence-electron chi connectivity index (χ4n) is 5.74. The van der Waals surface area contributed by atoms with Gasteiger partial charge in [0.15, 0.2) is 6.10 Å². The second kappa shape index (κ2) is 45.8. The highest BCUT2D eigenvalue weighted by atomic mass is 16.6. The van der Waals surface area contributed by atoms with Gasteiger partial charge in [-0.15, -0.1) is 0 Å². The van der Waals surface area contributed by atoms with Crippen molar-refractivity contribution in [1.82, 2.24) is 0 Å². The summed E-state index contributed by atoms with van der Waals surface area (Å²) < 4.78 is 16.5. The van der Waals surface area contributed by atoms with Crippen molar-refractivity contribution in [3.8, 4) is 0 Å². The molecule has 1 atom stereocenters. The van der Waals surface area contributed by atoms with Gasteiger partial charge in [0.25, 0.3) is 0 Å². The Kier molecular flexibility index (Phi) is 42.7. The van der Waals surface area contributed by atoms with E-state index in [2.05, 4.69) is 112 Å². The third kappa shape index (κ3) is 43.2. The Balaban J connectivity index is 4.49. The molecule has 0 aliphatic heterocycles. The zero-order valence-electron chi connectivity index (χ0n) is 37.0. The topological polar surface area (TPSA) is 78.9 Å². The van der Waals surface area contributed by atoms with Crippen LogP contribution in [-0.2, 0) is 28.6 Å². The summed E-state index contributed by atoms with van der Waals surface area (Å²) >= 11 is 0. The summed E-state index contributed by atoms with van der Waals surface area (Å²) in [6.45, 7) is 6.20. The van der Waals surface area contributed by atoms with Crippen LogP contribution in [0.5, 0.6) is 0 Å². The second-order valence-corrected chi connectivity index (χ2v) is 14.7. The van der Waals surface area contributed by atoms with Crippen LogP contribution in [0.4, 0.5) is 0 Å². The first-order valence-corrected chi connectivity index (χ1v) is 23.0. The van der Waals surface area contributed by atoms with Gasteiger partial charge in [0.05, 0.1) is 6.42 Å². The quantitative estimate of drug-likeness (QED) is 0.0202. The molecule has 0 bridgehead atoms. The lowest BCUT2D eigenvalue weighted by molar-refractivity contribution is -0.166. The molecule has 326 valence electrons. The number of allylic oxidation sites excluding steroid dienone is 17. The zero-order chi connectivity index (χ0) is 42.3. The number of unbranched alkanes of at least 4 members (excludes halogenated alkanes) is 15. The Bertz CT molecular complexity index is 1240.